The number of benzene rings is 1. The smallest absolute Gasteiger partial charge is 1.00 e. The quantitative estimate of drug-likeness (QED) is 0.551. The van der Waals surface area contributed by atoms with Crippen LogP contribution < -0.4 is 17.0 Å². The standard InChI is InChI=1S/C6H4Cl2.BrH.Mg/c7-5-3-1-2-4-6(5)8;;/h1-4H;1H;/q;;+2/p-1. The molecule has 0 N–H and O–H groups in total. The van der Waals surface area contributed by atoms with Gasteiger partial charge in [-0.3, -0.25) is 0 Å². The number of hydrogen-bond donors (Lipinski definition) is 0. The molecule has 0 bridgehead atoms. The summed E-state index contributed by atoms with van der Waals surface area (Å²) in [7, 11) is 0. The van der Waals surface area contributed by atoms with Gasteiger partial charge < -0.3 is 17.0 Å². The van der Waals surface area contributed by atoms with Gasteiger partial charge in [-0.25, -0.2) is 0 Å². The Morgan fingerprint density at radius 3 is 1.40 bits per heavy atom. The summed E-state index contributed by atoms with van der Waals surface area (Å²) in [5, 5.41) is 1.21. The molecule has 1 rings (SSSR count). The Kier molecular flexibility index (Phi) is 9.18. The van der Waals surface area contributed by atoms with Crippen molar-refractivity contribution < 1.29 is 17.0 Å². The predicted molar refractivity (Wildman–Crippen MR) is 42.2 cm³/mol. The molecule has 0 nitrogen and oxygen atoms in total. The molecule has 0 saturated heterocycles. The number of hydrogen-bond acceptors (Lipinski definition) is 0. The van der Waals surface area contributed by atoms with Crippen LogP contribution in [-0.4, -0.2) is 23.1 Å². The van der Waals surface area contributed by atoms with E-state index < -0.39 is 0 Å². The fraction of sp³-hybridized carbons (Fsp3) is 0. The second-order valence-electron chi connectivity index (χ2n) is 1.41. The van der Waals surface area contributed by atoms with Gasteiger partial charge in [0.25, 0.3) is 0 Å². The van der Waals surface area contributed by atoms with Crippen LogP contribution in [0, 0.1) is 0 Å². The van der Waals surface area contributed by atoms with Gasteiger partial charge in [0, 0.05) is 0 Å². The van der Waals surface area contributed by atoms with E-state index in [9.17, 15) is 0 Å². The maximum atomic E-state index is 5.58. The van der Waals surface area contributed by atoms with Crippen molar-refractivity contribution in [2.45, 2.75) is 0 Å². The second-order valence-corrected chi connectivity index (χ2v) is 2.23. The molecule has 0 fully saturated rings. The zero-order valence-electron chi connectivity index (χ0n) is 5.15. The average molecular weight is 251 g/mol. The molecule has 0 unspecified atom stereocenters. The van der Waals surface area contributed by atoms with Gasteiger partial charge in [0.2, 0.25) is 0 Å². The molecule has 1 aromatic rings. The van der Waals surface area contributed by atoms with Gasteiger partial charge in [-0.15, -0.1) is 0 Å². The van der Waals surface area contributed by atoms with Gasteiger partial charge in [0.1, 0.15) is 0 Å². The minimum Gasteiger partial charge on any atom is -1.00 e. The molecule has 0 aliphatic rings. The van der Waals surface area contributed by atoms with Crippen molar-refractivity contribution in [3.63, 3.8) is 0 Å². The summed E-state index contributed by atoms with van der Waals surface area (Å²) in [5.74, 6) is 0. The summed E-state index contributed by atoms with van der Waals surface area (Å²) in [5.41, 5.74) is 0. The molecule has 0 heterocycles. The van der Waals surface area contributed by atoms with Crippen LogP contribution in [0.15, 0.2) is 24.3 Å². The molecule has 0 saturated carbocycles. The van der Waals surface area contributed by atoms with Crippen LogP contribution >= 0.6 is 23.2 Å². The Morgan fingerprint density at radius 1 is 0.900 bits per heavy atom. The first-order valence-electron chi connectivity index (χ1n) is 2.21. The van der Waals surface area contributed by atoms with E-state index >= 15 is 0 Å². The fourth-order valence-corrected chi connectivity index (χ4v) is 0.711. The Bertz CT molecular complexity index is 172. The molecular weight excluding hydrogens is 247 g/mol. The summed E-state index contributed by atoms with van der Waals surface area (Å²) in [6.07, 6.45) is 0. The maximum absolute atomic E-state index is 5.58. The van der Waals surface area contributed by atoms with E-state index in [0.717, 1.165) is 0 Å². The Hall–Kier alpha value is 1.05. The van der Waals surface area contributed by atoms with Crippen LogP contribution in [0.4, 0.5) is 0 Å². The summed E-state index contributed by atoms with van der Waals surface area (Å²) in [6.45, 7) is 0. The van der Waals surface area contributed by atoms with Crippen molar-refractivity contribution >= 4 is 46.3 Å². The maximum Gasteiger partial charge on any atom is 2.00 e. The largest absolute Gasteiger partial charge is 2.00 e. The first-order valence-corrected chi connectivity index (χ1v) is 2.96. The second kappa shape index (κ2) is 6.74. The van der Waals surface area contributed by atoms with Crippen LogP contribution in [0.1, 0.15) is 0 Å². The fourth-order valence-electron chi connectivity index (χ4n) is 0.439. The SMILES string of the molecule is Clc1ccccc1Cl.[Br-].[Mg+2]. The molecule has 1 aromatic carbocycles. The summed E-state index contributed by atoms with van der Waals surface area (Å²) in [6, 6.07) is 7.19. The third-order valence-corrected chi connectivity index (χ3v) is 1.58. The molecular formula is C6H4BrCl2Mg+. The van der Waals surface area contributed by atoms with Crippen LogP contribution in [0.25, 0.3) is 0 Å². The molecule has 0 aliphatic heterocycles. The molecule has 0 spiro atoms. The van der Waals surface area contributed by atoms with Gasteiger partial charge in [-0.1, -0.05) is 35.3 Å². The van der Waals surface area contributed by atoms with Gasteiger partial charge in [0.15, 0.2) is 0 Å². The monoisotopic (exact) mass is 249 g/mol. The van der Waals surface area contributed by atoms with Gasteiger partial charge in [-0.2, -0.15) is 0 Å². The number of rotatable bonds is 0. The van der Waals surface area contributed by atoms with Crippen molar-refractivity contribution in [2.75, 3.05) is 0 Å². The van der Waals surface area contributed by atoms with Gasteiger partial charge in [-0.05, 0) is 12.1 Å². The van der Waals surface area contributed by atoms with Crippen LogP contribution in [0.2, 0.25) is 10.0 Å². The minimum absolute atomic E-state index is 0. The van der Waals surface area contributed by atoms with Crippen molar-refractivity contribution in [3.8, 4) is 0 Å². The van der Waals surface area contributed by atoms with E-state index in [0.29, 0.717) is 10.0 Å². The van der Waals surface area contributed by atoms with Crippen molar-refractivity contribution in [3.05, 3.63) is 34.3 Å². The normalized spacial score (nSPS) is 7.40. The van der Waals surface area contributed by atoms with E-state index in [1.807, 2.05) is 12.1 Å². The topological polar surface area (TPSA) is 0 Å². The summed E-state index contributed by atoms with van der Waals surface area (Å²) in [4.78, 5) is 0. The van der Waals surface area contributed by atoms with Crippen LogP contribution in [-0.2, 0) is 0 Å². The summed E-state index contributed by atoms with van der Waals surface area (Å²) < 4.78 is 0. The molecule has 50 valence electrons. The van der Waals surface area contributed by atoms with Crippen molar-refractivity contribution in [1.29, 1.82) is 0 Å². The Labute approximate surface area is 96.8 Å². The predicted octanol–water partition coefficient (Wildman–Crippen LogP) is -0.383. The minimum atomic E-state index is 0. The molecule has 0 radical (unpaired) electrons. The van der Waals surface area contributed by atoms with E-state index in [4.69, 9.17) is 23.2 Å². The van der Waals surface area contributed by atoms with Crippen molar-refractivity contribution in [1.82, 2.24) is 0 Å². The van der Waals surface area contributed by atoms with Crippen molar-refractivity contribution in [2.24, 2.45) is 0 Å². The summed E-state index contributed by atoms with van der Waals surface area (Å²) >= 11 is 11.2. The third-order valence-electron chi connectivity index (χ3n) is 0.824. The van der Waals surface area contributed by atoms with E-state index in [-0.39, 0.29) is 40.0 Å². The Morgan fingerprint density at radius 2 is 1.20 bits per heavy atom. The molecule has 0 aliphatic carbocycles. The van der Waals surface area contributed by atoms with Gasteiger partial charge in [0.05, 0.1) is 10.0 Å². The molecule has 0 amide bonds. The third kappa shape index (κ3) is 4.04. The molecule has 0 aromatic heterocycles. The molecule has 10 heavy (non-hydrogen) atoms. The number of halogens is 3. The van der Waals surface area contributed by atoms with Crippen LogP contribution in [0.3, 0.4) is 0 Å². The zero-order valence-corrected chi connectivity index (χ0v) is 9.66. The van der Waals surface area contributed by atoms with E-state index in [1.165, 1.54) is 0 Å². The first-order chi connectivity index (χ1) is 3.80. The molecule has 0 atom stereocenters. The van der Waals surface area contributed by atoms with Gasteiger partial charge >= 0.3 is 23.1 Å². The average Bonchev–Trinajstić information content (AvgIpc) is 1.77. The van der Waals surface area contributed by atoms with E-state index in [1.54, 1.807) is 12.1 Å². The van der Waals surface area contributed by atoms with Crippen LogP contribution in [0.5, 0.6) is 0 Å². The zero-order chi connectivity index (χ0) is 5.98. The molecule has 4 heteroatoms. The first kappa shape index (κ1) is 13.6. The van der Waals surface area contributed by atoms with E-state index in [2.05, 4.69) is 0 Å². The Balaban J connectivity index is 0.